The van der Waals surface area contributed by atoms with Crippen LogP contribution in [0.15, 0.2) is 10.5 Å². The minimum atomic E-state index is -0.132. The highest BCUT2D eigenvalue weighted by Crippen LogP contribution is 2.27. The summed E-state index contributed by atoms with van der Waals surface area (Å²) in [7, 11) is 0. The molecule has 122 valence electrons. The van der Waals surface area contributed by atoms with Crippen molar-refractivity contribution >= 4 is 5.91 Å². The zero-order valence-corrected chi connectivity index (χ0v) is 14.3. The largest absolute Gasteiger partial charge is 0.445 e. The first kappa shape index (κ1) is 15.6. The van der Waals surface area contributed by atoms with Crippen LogP contribution in [0.2, 0.25) is 0 Å². The Hall–Kier alpha value is -2.24. The van der Waals surface area contributed by atoms with Crippen LogP contribution in [0.1, 0.15) is 60.1 Å². The van der Waals surface area contributed by atoms with Crippen molar-refractivity contribution < 1.29 is 9.21 Å². The Balaban J connectivity index is 1.84. The van der Waals surface area contributed by atoms with Gasteiger partial charge in [-0.1, -0.05) is 20.8 Å². The SMILES string of the molecule is Cc1cc(C(=O)N2CCc3oc(C(C)(C)C)nc3C2)nc(C)n1. The molecule has 2 aromatic rings. The number of hydrogen-bond acceptors (Lipinski definition) is 5. The second kappa shape index (κ2) is 5.44. The van der Waals surface area contributed by atoms with Crippen LogP contribution in [-0.2, 0) is 18.4 Å². The van der Waals surface area contributed by atoms with Gasteiger partial charge in [0.1, 0.15) is 23.0 Å². The standard InChI is InChI=1S/C17H22N4O2/c1-10-8-12(19-11(2)18-10)15(22)21-7-6-14-13(9-21)20-16(23-14)17(3,4)5/h8H,6-7,9H2,1-5H3. The summed E-state index contributed by atoms with van der Waals surface area (Å²) in [5, 5.41) is 0. The molecular formula is C17H22N4O2. The van der Waals surface area contributed by atoms with Crippen molar-refractivity contribution in [2.24, 2.45) is 0 Å². The molecule has 3 rings (SSSR count). The summed E-state index contributed by atoms with van der Waals surface area (Å²) in [5.74, 6) is 2.16. The number of nitrogens with zero attached hydrogens (tertiary/aromatic N) is 4. The summed E-state index contributed by atoms with van der Waals surface area (Å²) < 4.78 is 5.87. The molecule has 0 atom stereocenters. The van der Waals surface area contributed by atoms with Crippen molar-refractivity contribution in [3.05, 3.63) is 40.6 Å². The van der Waals surface area contributed by atoms with Crippen LogP contribution in [0.3, 0.4) is 0 Å². The number of aromatic nitrogens is 3. The second-order valence-corrected chi connectivity index (χ2v) is 7.06. The van der Waals surface area contributed by atoms with E-state index < -0.39 is 0 Å². The third kappa shape index (κ3) is 3.11. The Morgan fingerprint density at radius 1 is 1.22 bits per heavy atom. The van der Waals surface area contributed by atoms with Gasteiger partial charge in [-0.05, 0) is 19.9 Å². The molecule has 0 spiro atoms. The first-order chi connectivity index (χ1) is 10.7. The maximum Gasteiger partial charge on any atom is 0.272 e. The predicted molar refractivity (Wildman–Crippen MR) is 85.2 cm³/mol. The lowest BCUT2D eigenvalue weighted by Crippen LogP contribution is -2.36. The molecule has 23 heavy (non-hydrogen) atoms. The van der Waals surface area contributed by atoms with Gasteiger partial charge in [0, 0.05) is 24.1 Å². The van der Waals surface area contributed by atoms with E-state index in [4.69, 9.17) is 4.42 Å². The van der Waals surface area contributed by atoms with E-state index in [9.17, 15) is 4.79 Å². The first-order valence-corrected chi connectivity index (χ1v) is 7.84. The number of carbonyl (C=O) groups excluding carboxylic acids is 1. The normalized spacial score (nSPS) is 14.7. The molecule has 0 saturated heterocycles. The maximum atomic E-state index is 12.7. The number of rotatable bonds is 1. The molecule has 1 aliphatic heterocycles. The van der Waals surface area contributed by atoms with E-state index in [1.165, 1.54) is 0 Å². The monoisotopic (exact) mass is 314 g/mol. The first-order valence-electron chi connectivity index (χ1n) is 7.84. The quantitative estimate of drug-likeness (QED) is 0.809. The average Bonchev–Trinajstić information content (AvgIpc) is 2.88. The highest BCUT2D eigenvalue weighted by Gasteiger charge is 2.30. The third-order valence-corrected chi connectivity index (χ3v) is 3.84. The fraction of sp³-hybridized carbons (Fsp3) is 0.529. The summed E-state index contributed by atoms with van der Waals surface area (Å²) in [6.07, 6.45) is 0.688. The van der Waals surface area contributed by atoms with E-state index in [0.717, 1.165) is 23.0 Å². The van der Waals surface area contributed by atoms with Crippen molar-refractivity contribution in [2.45, 2.75) is 53.0 Å². The van der Waals surface area contributed by atoms with Crippen LogP contribution in [0, 0.1) is 13.8 Å². The smallest absolute Gasteiger partial charge is 0.272 e. The molecule has 0 unspecified atom stereocenters. The third-order valence-electron chi connectivity index (χ3n) is 3.84. The Bertz CT molecular complexity index is 738. The Morgan fingerprint density at radius 2 is 1.96 bits per heavy atom. The number of oxazole rings is 1. The van der Waals surface area contributed by atoms with Gasteiger partial charge in [0.2, 0.25) is 0 Å². The number of fused-ring (bicyclic) bond motifs is 1. The van der Waals surface area contributed by atoms with Crippen molar-refractivity contribution in [3.63, 3.8) is 0 Å². The van der Waals surface area contributed by atoms with Gasteiger partial charge in [0.15, 0.2) is 5.89 Å². The van der Waals surface area contributed by atoms with Crippen LogP contribution in [0.4, 0.5) is 0 Å². The van der Waals surface area contributed by atoms with Crippen molar-refractivity contribution in [2.75, 3.05) is 6.54 Å². The van der Waals surface area contributed by atoms with Gasteiger partial charge in [0.05, 0.1) is 6.54 Å². The van der Waals surface area contributed by atoms with Crippen molar-refractivity contribution in [1.29, 1.82) is 0 Å². The topological polar surface area (TPSA) is 72.1 Å². The second-order valence-electron chi connectivity index (χ2n) is 7.06. The van der Waals surface area contributed by atoms with Crippen molar-refractivity contribution in [3.8, 4) is 0 Å². The Kier molecular flexibility index (Phi) is 3.70. The van der Waals surface area contributed by atoms with Gasteiger partial charge in [-0.15, -0.1) is 0 Å². The zero-order chi connectivity index (χ0) is 16.8. The van der Waals surface area contributed by atoms with Crippen LogP contribution in [0.5, 0.6) is 0 Å². The van der Waals surface area contributed by atoms with Gasteiger partial charge >= 0.3 is 0 Å². The Morgan fingerprint density at radius 3 is 2.61 bits per heavy atom. The highest BCUT2D eigenvalue weighted by molar-refractivity contribution is 5.92. The molecule has 0 N–H and O–H groups in total. The summed E-state index contributed by atoms with van der Waals surface area (Å²) in [5.41, 5.74) is 1.97. The highest BCUT2D eigenvalue weighted by atomic mass is 16.4. The number of hydrogen-bond donors (Lipinski definition) is 0. The van der Waals surface area contributed by atoms with Gasteiger partial charge < -0.3 is 9.32 Å². The molecule has 1 amide bonds. The molecule has 0 fully saturated rings. The average molecular weight is 314 g/mol. The van der Waals surface area contributed by atoms with Crippen LogP contribution in [-0.4, -0.2) is 32.3 Å². The van der Waals surface area contributed by atoms with E-state index in [0.29, 0.717) is 31.0 Å². The number of amides is 1. The minimum absolute atomic E-state index is 0.0791. The summed E-state index contributed by atoms with van der Waals surface area (Å²) >= 11 is 0. The van der Waals surface area contributed by atoms with Crippen molar-refractivity contribution in [1.82, 2.24) is 19.9 Å². The molecule has 1 aliphatic rings. The molecule has 0 radical (unpaired) electrons. The molecular weight excluding hydrogens is 292 g/mol. The summed E-state index contributed by atoms with van der Waals surface area (Å²) in [6, 6.07) is 1.73. The van der Waals surface area contributed by atoms with Gasteiger partial charge in [-0.3, -0.25) is 4.79 Å². The molecule has 0 bridgehead atoms. The lowest BCUT2D eigenvalue weighted by atomic mass is 9.97. The van der Waals surface area contributed by atoms with Crippen LogP contribution >= 0.6 is 0 Å². The molecule has 0 aliphatic carbocycles. The predicted octanol–water partition coefficient (Wildman–Crippen LogP) is 2.58. The van der Waals surface area contributed by atoms with E-state index in [1.54, 1.807) is 17.9 Å². The fourth-order valence-electron chi connectivity index (χ4n) is 2.68. The molecule has 2 aromatic heterocycles. The van der Waals surface area contributed by atoms with E-state index in [1.807, 2.05) is 6.92 Å². The molecule has 6 nitrogen and oxygen atoms in total. The lowest BCUT2D eigenvalue weighted by molar-refractivity contribution is 0.0721. The molecule has 6 heteroatoms. The van der Waals surface area contributed by atoms with E-state index >= 15 is 0 Å². The Labute approximate surface area is 136 Å². The van der Waals surface area contributed by atoms with E-state index in [2.05, 4.69) is 35.7 Å². The molecule has 0 saturated carbocycles. The minimum Gasteiger partial charge on any atom is -0.445 e. The summed E-state index contributed by atoms with van der Waals surface area (Å²) in [6.45, 7) is 11.0. The number of aryl methyl sites for hydroxylation is 2. The lowest BCUT2D eigenvalue weighted by Gasteiger charge is -2.25. The van der Waals surface area contributed by atoms with E-state index in [-0.39, 0.29) is 11.3 Å². The molecule has 0 aromatic carbocycles. The maximum absolute atomic E-state index is 12.7. The van der Waals surface area contributed by atoms with Gasteiger partial charge in [-0.25, -0.2) is 15.0 Å². The van der Waals surface area contributed by atoms with Gasteiger partial charge in [0.25, 0.3) is 5.91 Å². The molecule has 3 heterocycles. The zero-order valence-electron chi connectivity index (χ0n) is 14.3. The number of carbonyl (C=O) groups is 1. The van der Waals surface area contributed by atoms with Crippen LogP contribution in [0.25, 0.3) is 0 Å². The van der Waals surface area contributed by atoms with Gasteiger partial charge in [-0.2, -0.15) is 0 Å². The fourth-order valence-corrected chi connectivity index (χ4v) is 2.68. The summed E-state index contributed by atoms with van der Waals surface area (Å²) in [4.78, 5) is 27.5. The van der Waals surface area contributed by atoms with Crippen LogP contribution < -0.4 is 0 Å².